The molecule has 0 aromatic heterocycles. The summed E-state index contributed by atoms with van der Waals surface area (Å²) in [6.07, 6.45) is -4.64. The van der Waals surface area contributed by atoms with E-state index in [-0.39, 0.29) is 6.04 Å². The lowest BCUT2D eigenvalue weighted by Crippen LogP contribution is -2.54. The molecule has 0 bridgehead atoms. The quantitative estimate of drug-likeness (QED) is 0.828. The Hall–Kier alpha value is -1.65. The summed E-state index contributed by atoms with van der Waals surface area (Å²) in [7, 11) is -4.21. The molecule has 1 heterocycles. The van der Waals surface area contributed by atoms with E-state index in [2.05, 4.69) is 10.0 Å². The average Bonchev–Trinajstić information content (AvgIpc) is 2.52. The minimum Gasteiger partial charge on any atom is -0.336 e. The van der Waals surface area contributed by atoms with E-state index in [1.807, 2.05) is 6.92 Å². The number of carbonyl (C=O) groups excluding carboxylic acids is 1. The first-order valence-corrected chi connectivity index (χ1v) is 8.77. The summed E-state index contributed by atoms with van der Waals surface area (Å²) in [4.78, 5) is 13.1. The number of halogens is 3. The molecule has 1 aliphatic rings. The van der Waals surface area contributed by atoms with Crippen LogP contribution in [0.15, 0.2) is 29.2 Å². The lowest BCUT2D eigenvalue weighted by Gasteiger charge is -2.34. The second-order valence-corrected chi connectivity index (χ2v) is 7.26. The Morgan fingerprint density at radius 1 is 1.42 bits per heavy atom. The lowest BCUT2D eigenvalue weighted by atomic mass is 10.2. The number of hydrogen-bond acceptors (Lipinski definition) is 4. The van der Waals surface area contributed by atoms with Crippen LogP contribution in [-0.2, 0) is 21.0 Å². The maximum absolute atomic E-state index is 12.7. The Labute approximate surface area is 138 Å². The molecule has 0 aliphatic carbocycles. The van der Waals surface area contributed by atoms with E-state index in [0.29, 0.717) is 25.7 Å². The van der Waals surface area contributed by atoms with Gasteiger partial charge in [-0.15, -0.1) is 0 Å². The van der Waals surface area contributed by atoms with E-state index in [1.165, 1.54) is 4.90 Å². The average molecular weight is 365 g/mol. The molecule has 1 aromatic carbocycles. The van der Waals surface area contributed by atoms with Gasteiger partial charge in [0.15, 0.2) is 0 Å². The molecule has 1 saturated heterocycles. The Kier molecular flexibility index (Phi) is 5.51. The summed E-state index contributed by atoms with van der Waals surface area (Å²) in [5.74, 6) is -0.417. The maximum atomic E-state index is 12.7. The number of carbonyl (C=O) groups is 1. The van der Waals surface area contributed by atoms with Gasteiger partial charge in [-0.3, -0.25) is 4.79 Å². The standard InChI is InChI=1S/C14H18F3N3O3S/c1-10-8-18-5-6-20(10)13(21)9-19-24(22,23)12-4-2-3-11(7-12)14(15,16)17/h2-4,7,10,18-19H,5-6,8-9H2,1H3. The fourth-order valence-corrected chi connectivity index (χ4v) is 3.41. The Morgan fingerprint density at radius 2 is 2.12 bits per heavy atom. The number of alkyl halides is 3. The van der Waals surface area contributed by atoms with Crippen LogP contribution in [0.5, 0.6) is 0 Å². The van der Waals surface area contributed by atoms with Gasteiger partial charge in [-0.2, -0.15) is 13.2 Å². The SMILES string of the molecule is CC1CNCCN1C(=O)CNS(=O)(=O)c1cccc(C(F)(F)F)c1. The number of amides is 1. The van der Waals surface area contributed by atoms with E-state index in [1.54, 1.807) is 0 Å². The van der Waals surface area contributed by atoms with E-state index >= 15 is 0 Å². The van der Waals surface area contributed by atoms with Crippen molar-refractivity contribution in [3.63, 3.8) is 0 Å². The van der Waals surface area contributed by atoms with Crippen LogP contribution in [0.3, 0.4) is 0 Å². The molecule has 1 unspecified atom stereocenters. The highest BCUT2D eigenvalue weighted by atomic mass is 32.2. The Balaban J connectivity index is 2.07. The molecule has 1 fully saturated rings. The molecule has 2 N–H and O–H groups in total. The molecule has 0 saturated carbocycles. The largest absolute Gasteiger partial charge is 0.416 e. The van der Waals surface area contributed by atoms with E-state index in [4.69, 9.17) is 0 Å². The monoisotopic (exact) mass is 365 g/mol. The van der Waals surface area contributed by atoms with Gasteiger partial charge in [0.1, 0.15) is 0 Å². The van der Waals surface area contributed by atoms with Crippen molar-refractivity contribution in [3.8, 4) is 0 Å². The molecule has 0 radical (unpaired) electrons. The fraction of sp³-hybridized carbons (Fsp3) is 0.500. The van der Waals surface area contributed by atoms with Gasteiger partial charge in [0.25, 0.3) is 0 Å². The normalized spacial score (nSPS) is 19.3. The maximum Gasteiger partial charge on any atom is 0.416 e. The molecule has 24 heavy (non-hydrogen) atoms. The molecule has 1 aromatic rings. The summed E-state index contributed by atoms with van der Waals surface area (Å²) >= 11 is 0. The van der Waals surface area contributed by atoms with Gasteiger partial charge in [0, 0.05) is 25.7 Å². The van der Waals surface area contributed by atoms with E-state index in [9.17, 15) is 26.4 Å². The van der Waals surface area contributed by atoms with Crippen LogP contribution in [0.4, 0.5) is 13.2 Å². The van der Waals surface area contributed by atoms with Gasteiger partial charge in [-0.25, -0.2) is 13.1 Å². The molecule has 6 nitrogen and oxygen atoms in total. The minimum atomic E-state index is -4.64. The van der Waals surface area contributed by atoms with Crippen molar-refractivity contribution in [1.82, 2.24) is 14.9 Å². The molecule has 0 spiro atoms. The van der Waals surface area contributed by atoms with E-state index < -0.39 is 39.1 Å². The van der Waals surface area contributed by atoms with Crippen molar-refractivity contribution in [1.29, 1.82) is 0 Å². The summed E-state index contributed by atoms with van der Waals surface area (Å²) < 4.78 is 64.3. The molecule has 1 atom stereocenters. The predicted molar refractivity (Wildman–Crippen MR) is 80.7 cm³/mol. The molecule has 10 heteroatoms. The first-order valence-electron chi connectivity index (χ1n) is 7.28. The lowest BCUT2D eigenvalue weighted by molar-refractivity contribution is -0.137. The highest BCUT2D eigenvalue weighted by Gasteiger charge is 2.32. The summed E-state index contributed by atoms with van der Waals surface area (Å²) in [6, 6.07) is 3.31. The van der Waals surface area contributed by atoms with Crippen LogP contribution < -0.4 is 10.0 Å². The highest BCUT2D eigenvalue weighted by Crippen LogP contribution is 2.30. The van der Waals surface area contributed by atoms with Gasteiger partial charge >= 0.3 is 6.18 Å². The van der Waals surface area contributed by atoms with Crippen molar-refractivity contribution in [2.75, 3.05) is 26.2 Å². The van der Waals surface area contributed by atoms with Crippen LogP contribution in [-0.4, -0.2) is 51.4 Å². The third kappa shape index (κ3) is 4.46. The van der Waals surface area contributed by atoms with Crippen molar-refractivity contribution in [2.24, 2.45) is 0 Å². The van der Waals surface area contributed by atoms with Crippen molar-refractivity contribution >= 4 is 15.9 Å². The Morgan fingerprint density at radius 3 is 2.75 bits per heavy atom. The van der Waals surface area contributed by atoms with Crippen LogP contribution >= 0.6 is 0 Å². The predicted octanol–water partition coefficient (Wildman–Crippen LogP) is 0.804. The van der Waals surface area contributed by atoms with Crippen molar-refractivity contribution < 1.29 is 26.4 Å². The molecular formula is C14H18F3N3O3S. The second kappa shape index (κ2) is 7.08. The minimum absolute atomic E-state index is 0.0793. The number of sulfonamides is 1. The zero-order valence-corrected chi connectivity index (χ0v) is 13.7. The molecule has 134 valence electrons. The van der Waals surface area contributed by atoms with Crippen LogP contribution in [0.25, 0.3) is 0 Å². The third-order valence-corrected chi connectivity index (χ3v) is 5.11. The van der Waals surface area contributed by atoms with E-state index in [0.717, 1.165) is 18.2 Å². The fourth-order valence-electron chi connectivity index (χ4n) is 2.39. The number of rotatable bonds is 4. The van der Waals surface area contributed by atoms with Crippen molar-refractivity contribution in [2.45, 2.75) is 24.0 Å². The first kappa shape index (κ1) is 18.7. The Bertz CT molecular complexity index is 707. The number of benzene rings is 1. The van der Waals surface area contributed by atoms with Gasteiger partial charge in [0.2, 0.25) is 15.9 Å². The molecule has 1 amide bonds. The second-order valence-electron chi connectivity index (χ2n) is 5.49. The van der Waals surface area contributed by atoms with Gasteiger partial charge < -0.3 is 10.2 Å². The van der Waals surface area contributed by atoms with Gasteiger partial charge in [0.05, 0.1) is 17.0 Å². The van der Waals surface area contributed by atoms with Gasteiger partial charge in [-0.05, 0) is 25.1 Å². The number of piperazine rings is 1. The number of nitrogens with zero attached hydrogens (tertiary/aromatic N) is 1. The summed E-state index contributed by atoms with van der Waals surface area (Å²) in [6.45, 7) is 2.99. The summed E-state index contributed by atoms with van der Waals surface area (Å²) in [5, 5.41) is 3.10. The molecular weight excluding hydrogens is 347 g/mol. The zero-order valence-electron chi connectivity index (χ0n) is 12.9. The van der Waals surface area contributed by atoms with Gasteiger partial charge in [-0.1, -0.05) is 6.07 Å². The van der Waals surface area contributed by atoms with Crippen LogP contribution in [0.1, 0.15) is 12.5 Å². The molecule has 2 rings (SSSR count). The smallest absolute Gasteiger partial charge is 0.336 e. The number of nitrogens with one attached hydrogen (secondary N) is 2. The summed E-state index contributed by atoms with van der Waals surface area (Å²) in [5.41, 5.74) is -1.06. The highest BCUT2D eigenvalue weighted by molar-refractivity contribution is 7.89. The third-order valence-electron chi connectivity index (χ3n) is 3.71. The first-order chi connectivity index (χ1) is 11.1. The van der Waals surface area contributed by atoms with Crippen LogP contribution in [0.2, 0.25) is 0 Å². The zero-order chi connectivity index (χ0) is 18.0. The number of hydrogen-bond donors (Lipinski definition) is 2. The topological polar surface area (TPSA) is 78.5 Å². The van der Waals surface area contributed by atoms with Crippen molar-refractivity contribution in [3.05, 3.63) is 29.8 Å². The molecule has 1 aliphatic heterocycles. The van der Waals surface area contributed by atoms with Crippen LogP contribution in [0, 0.1) is 0 Å².